The summed E-state index contributed by atoms with van der Waals surface area (Å²) >= 11 is 7.48. The van der Waals surface area contributed by atoms with E-state index in [9.17, 15) is 53.7 Å². The minimum atomic E-state index is -1.55. The fraction of sp³-hybridized carbons (Fsp3) is 0.754. The number of carbonyl (C=O) groups excluding carboxylic acids is 6. The Kier molecular flexibility index (Phi) is 20.4. The smallest absolute Gasteiger partial charge is 0.331 e. The average molecular weight is 1170 g/mol. The quantitative estimate of drug-likeness (QED) is 0.0415. The third kappa shape index (κ3) is 11.4. The van der Waals surface area contributed by atoms with Crippen molar-refractivity contribution in [2.75, 3.05) is 6.61 Å². The van der Waals surface area contributed by atoms with Gasteiger partial charge >= 0.3 is 35.8 Å². The normalized spacial score (nSPS) is 40.7. The van der Waals surface area contributed by atoms with E-state index in [1.807, 2.05) is 53.7 Å². The van der Waals surface area contributed by atoms with E-state index in [0.717, 1.165) is 36.8 Å². The highest BCUT2D eigenvalue weighted by molar-refractivity contribution is 6.26. The highest BCUT2D eigenvalue weighted by Gasteiger charge is 2.77. The fourth-order valence-electron chi connectivity index (χ4n) is 18.2. The Morgan fingerprint density at radius 1 is 0.756 bits per heavy atom. The first-order valence-electron chi connectivity index (χ1n) is 30.3. The average Bonchev–Trinajstić information content (AvgIpc) is 1.37. The Balaban J connectivity index is 0.000000245. The third-order valence-electron chi connectivity index (χ3n) is 22.2. The highest BCUT2D eigenvalue weighted by atomic mass is 35.5. The number of carbonyl (C=O) groups is 8. The first kappa shape index (κ1) is 66.5. The van der Waals surface area contributed by atoms with Crippen LogP contribution in [0.25, 0.3) is 0 Å². The molecule has 0 aliphatic heterocycles. The molecule has 458 valence electrons. The van der Waals surface area contributed by atoms with Gasteiger partial charge in [0.25, 0.3) is 0 Å². The minimum Gasteiger partial charge on any atom is -0.481 e. The van der Waals surface area contributed by atoms with Crippen LogP contribution in [0.15, 0.2) is 46.6 Å². The number of hydrogen-bond acceptors (Lipinski definition) is 14. The van der Waals surface area contributed by atoms with Gasteiger partial charge in [0.2, 0.25) is 5.78 Å². The second kappa shape index (κ2) is 25.1. The van der Waals surface area contributed by atoms with Crippen molar-refractivity contribution in [3.63, 3.8) is 0 Å². The Hall–Kier alpha value is -4.67. The van der Waals surface area contributed by atoms with Gasteiger partial charge in [0.05, 0.1) is 17.1 Å². The number of aliphatic hydroxyl groups is 2. The van der Waals surface area contributed by atoms with Crippen LogP contribution in [0.5, 0.6) is 0 Å². The number of hydrogen-bond donors (Lipinski definition) is 4. The largest absolute Gasteiger partial charge is 0.481 e. The lowest BCUT2D eigenvalue weighted by Crippen LogP contribution is -2.69. The van der Waals surface area contributed by atoms with E-state index >= 15 is 0 Å². The zero-order valence-electron chi connectivity index (χ0n) is 51.2. The number of rotatable bonds is 14. The molecule has 8 aliphatic carbocycles. The summed E-state index contributed by atoms with van der Waals surface area (Å²) in [7, 11) is 0. The number of aliphatic carboxylic acids is 2. The van der Waals surface area contributed by atoms with Crippen molar-refractivity contribution in [1.82, 2.24) is 0 Å². The van der Waals surface area contributed by atoms with Crippen LogP contribution in [0.2, 0.25) is 0 Å². The van der Waals surface area contributed by atoms with Gasteiger partial charge in [0, 0.05) is 54.9 Å². The topological polar surface area (TPSA) is 254 Å². The SMILES string of the molecule is CCC(=O)O.CCC(=O)OCC(=O)[C@@]1(OC(=O)CC)[C@@H](C)C[C@H]2[C@@H]3CCC4=CC(=O)C=C[C@]4(C)C3(Cl)[C@@H](O)C[C@@]21C.CCC(=O)O[C@@H]1CC[C@@]2(C)C(CC[C@@]3(C)[C@@H]2[C@H](O)C[C@@H]2C(=C(CCC=C(C)C)C(=O)O)[C@@H](OC(C)=O)C[C@@]23C)[C@@H]1C. The summed E-state index contributed by atoms with van der Waals surface area (Å²) in [6, 6.07) is 0. The number of alkyl halides is 1. The summed E-state index contributed by atoms with van der Waals surface area (Å²) in [5, 5.41) is 42.0. The van der Waals surface area contributed by atoms with Gasteiger partial charge in [-0.3, -0.25) is 33.6 Å². The first-order chi connectivity index (χ1) is 38.2. The number of carboxylic acids is 2. The predicted molar refractivity (Wildman–Crippen MR) is 308 cm³/mol. The van der Waals surface area contributed by atoms with E-state index < -0.39 is 81.9 Å². The Morgan fingerprint density at radius 3 is 1.96 bits per heavy atom. The molecule has 82 heavy (non-hydrogen) atoms. The molecule has 0 spiro atoms. The molecular weight excluding hydrogens is 1070 g/mol. The lowest BCUT2D eigenvalue weighted by atomic mass is 9.36. The molecule has 8 rings (SSSR count). The number of Topliss-reactive ketones (excluding diaryl/α,β-unsaturated/α-hetero) is 1. The van der Waals surface area contributed by atoms with Crippen molar-refractivity contribution < 1.29 is 77.7 Å². The standard InChI is InChI=1S/C34H52O7.C28H37ClO7.C3H6O2/c1-9-28(37)41-26-14-15-32(6)23(20(26)4)13-16-33(7)30(32)25(36)17-24-29(22(31(38)39)12-10-11-19(2)3)27(40-21(5)35)18-34(24,33)8;1-6-23(33)35-15-22(32)28(36-24(34)7-2)16(3)12-20-19-9-8-17-13-18(30)10-11-25(17,4)27(19,29)21(31)14-26(20,28)5;1-2-3(4)5/h11,20,23-27,30,36H,9-10,12-18H2,1-8H3,(H,38,39);10-11,13,16,19-21,31H,6-9,12,14-15H2,1-5H3;2H2,1H3,(H,4,5)/t20-,23?,24+,25+,26+,27-,30+,32-,33-,34-;16-,19-,20-,21-,25-,26-,27?,28-;/m00./s1. The van der Waals surface area contributed by atoms with Crippen molar-refractivity contribution in [3.8, 4) is 0 Å². The van der Waals surface area contributed by atoms with Crippen LogP contribution in [0.1, 0.15) is 200 Å². The van der Waals surface area contributed by atoms with Gasteiger partial charge in [-0.05, 0) is 160 Å². The summed E-state index contributed by atoms with van der Waals surface area (Å²) in [4.78, 5) is 96.0. The second-order valence-corrected chi connectivity index (χ2v) is 27.2. The molecule has 0 aromatic heterocycles. The third-order valence-corrected chi connectivity index (χ3v) is 23.1. The lowest BCUT2D eigenvalue weighted by Gasteiger charge is -2.69. The van der Waals surface area contributed by atoms with Gasteiger partial charge in [-0.2, -0.15) is 0 Å². The van der Waals surface area contributed by atoms with Crippen molar-refractivity contribution in [1.29, 1.82) is 0 Å². The molecule has 2 unspecified atom stereocenters. The van der Waals surface area contributed by atoms with Crippen LogP contribution in [-0.4, -0.2) is 109 Å². The summed E-state index contributed by atoms with van der Waals surface area (Å²) in [5.74, 6) is -4.16. The molecule has 0 aromatic rings. The Morgan fingerprint density at radius 2 is 1.39 bits per heavy atom. The minimum absolute atomic E-state index is 0.0107. The molecule has 0 saturated heterocycles. The van der Waals surface area contributed by atoms with Crippen molar-refractivity contribution in [2.45, 2.75) is 235 Å². The van der Waals surface area contributed by atoms with Crippen LogP contribution in [0, 0.1) is 68.5 Å². The molecule has 8 aliphatic rings. The number of ether oxygens (including phenoxy) is 4. The van der Waals surface area contributed by atoms with Gasteiger partial charge in [-0.25, -0.2) is 4.79 Å². The van der Waals surface area contributed by atoms with E-state index in [0.29, 0.717) is 68.4 Å². The first-order valence-corrected chi connectivity index (χ1v) is 30.6. The van der Waals surface area contributed by atoms with Crippen molar-refractivity contribution in [3.05, 3.63) is 46.6 Å². The molecule has 0 aromatic carbocycles. The maximum absolute atomic E-state index is 13.9. The number of aliphatic hydroxyl groups excluding tert-OH is 2. The highest BCUT2D eigenvalue weighted by Crippen LogP contribution is 2.75. The van der Waals surface area contributed by atoms with Crippen molar-refractivity contribution in [2.24, 2.45) is 68.5 Å². The van der Waals surface area contributed by atoms with Crippen LogP contribution in [-0.2, 0) is 57.3 Å². The molecule has 0 bridgehead atoms. The summed E-state index contributed by atoms with van der Waals surface area (Å²) in [6.45, 7) is 26.5. The number of halogens is 1. The molecular formula is C65H95ClO16. The fourth-order valence-corrected chi connectivity index (χ4v) is 18.7. The van der Waals surface area contributed by atoms with Gasteiger partial charge in [-0.1, -0.05) is 99.5 Å². The van der Waals surface area contributed by atoms with Crippen molar-refractivity contribution >= 4 is 59.0 Å². The van der Waals surface area contributed by atoms with E-state index in [4.69, 9.17) is 35.7 Å². The van der Waals surface area contributed by atoms with E-state index in [1.54, 1.807) is 26.8 Å². The van der Waals surface area contributed by atoms with E-state index in [-0.39, 0.29) is 95.3 Å². The number of allylic oxidation sites excluding steroid dienone is 6. The number of ketones is 2. The van der Waals surface area contributed by atoms with Gasteiger partial charge in [0.1, 0.15) is 12.2 Å². The zero-order valence-corrected chi connectivity index (χ0v) is 52.0. The molecule has 0 radical (unpaired) electrons. The lowest BCUT2D eigenvalue weighted by molar-refractivity contribution is -0.236. The molecule has 0 heterocycles. The monoisotopic (exact) mass is 1170 g/mol. The van der Waals surface area contributed by atoms with Gasteiger partial charge in [-0.15, -0.1) is 11.6 Å². The number of carboxylic acid groups (broad SMARTS) is 2. The summed E-state index contributed by atoms with van der Waals surface area (Å²) in [5.41, 5.74) is -0.845. The van der Waals surface area contributed by atoms with Crippen LogP contribution >= 0.6 is 11.6 Å². The number of esters is 4. The van der Waals surface area contributed by atoms with Gasteiger partial charge < -0.3 is 39.4 Å². The van der Waals surface area contributed by atoms with Crippen LogP contribution < -0.4 is 0 Å². The van der Waals surface area contributed by atoms with Crippen LogP contribution in [0.3, 0.4) is 0 Å². The van der Waals surface area contributed by atoms with E-state index in [1.165, 1.54) is 13.0 Å². The zero-order chi connectivity index (χ0) is 61.5. The molecule has 7 fully saturated rings. The molecule has 18 atom stereocenters. The molecule has 0 amide bonds. The number of fused-ring (bicyclic) bond motifs is 10. The van der Waals surface area contributed by atoms with Gasteiger partial charge in [0.15, 0.2) is 18.0 Å². The van der Waals surface area contributed by atoms with Crippen LogP contribution in [0.4, 0.5) is 0 Å². The maximum atomic E-state index is 13.9. The predicted octanol–water partition coefficient (Wildman–Crippen LogP) is 11.2. The Bertz CT molecular complexity index is 2630. The maximum Gasteiger partial charge on any atom is 0.331 e. The molecule has 4 N–H and O–H groups in total. The molecule has 16 nitrogen and oxygen atoms in total. The second-order valence-electron chi connectivity index (χ2n) is 26.6. The Labute approximate surface area is 491 Å². The summed E-state index contributed by atoms with van der Waals surface area (Å²) < 4.78 is 23.0. The molecule has 7 saturated carbocycles. The van der Waals surface area contributed by atoms with E-state index in [2.05, 4.69) is 27.7 Å². The molecule has 17 heteroatoms. The summed E-state index contributed by atoms with van der Waals surface area (Å²) in [6.07, 6.45) is 13.0.